The Balaban J connectivity index is 1.76. The van der Waals surface area contributed by atoms with Crippen LogP contribution in [0.25, 0.3) is 0 Å². The number of benzene rings is 9. The maximum absolute atomic E-state index is 17.0. The van der Waals surface area contributed by atoms with E-state index in [2.05, 4.69) is 277 Å². The van der Waals surface area contributed by atoms with E-state index in [-0.39, 0.29) is 0 Å². The summed E-state index contributed by atoms with van der Waals surface area (Å²) in [7, 11) is 0. The van der Waals surface area contributed by atoms with Crippen LogP contribution < -0.4 is 47.7 Å². The molecule has 0 N–H and O–H groups in total. The van der Waals surface area contributed by atoms with Crippen LogP contribution in [0.2, 0.25) is 0 Å². The summed E-state index contributed by atoms with van der Waals surface area (Å²) in [6.45, 7) is 0. The Hall–Kier alpha value is -5.53. The van der Waals surface area contributed by atoms with Gasteiger partial charge < -0.3 is 0 Å². The normalized spacial score (nSPS) is 13.1. The van der Waals surface area contributed by atoms with Crippen molar-refractivity contribution >= 4 is 69.0 Å². The van der Waals surface area contributed by atoms with Gasteiger partial charge in [0.15, 0.2) is 0 Å². The number of rotatable bonds is 12. The second-order valence-electron chi connectivity index (χ2n) is 14.8. The number of carbonyl (C=O) groups excluding carboxylic acids is 1. The van der Waals surface area contributed by atoms with Crippen molar-refractivity contribution in [1.82, 2.24) is 0 Å². The molecule has 0 saturated heterocycles. The molecule has 0 aliphatic rings. The Kier molecular flexibility index (Phi) is 11.7. The fourth-order valence-corrected chi connectivity index (χ4v) is 116. The van der Waals surface area contributed by atoms with Gasteiger partial charge in [0, 0.05) is 0 Å². The van der Waals surface area contributed by atoms with Crippen molar-refractivity contribution in [2.75, 3.05) is 0 Å². The summed E-state index contributed by atoms with van der Waals surface area (Å²) in [6, 6.07) is 101. The van der Waals surface area contributed by atoms with Crippen LogP contribution in [0.1, 0.15) is 0 Å². The van der Waals surface area contributed by atoms with Crippen LogP contribution in [-0.4, -0.2) is 4.47 Å². The predicted octanol–water partition coefficient (Wildman–Crippen LogP) is 8.86. The van der Waals surface area contributed by atoms with E-state index in [1.807, 2.05) is 0 Å². The number of hydrogen-bond acceptors (Lipinski definition) is 1. The van der Waals surface area contributed by atoms with Crippen LogP contribution in [-0.2, 0) is 17.7 Å². The van der Waals surface area contributed by atoms with Gasteiger partial charge >= 0.3 is 360 Å². The molecule has 0 fully saturated rings. The molecule has 9 aromatic carbocycles. The standard InChI is InChI=1S/3C18H15P.CO.Rh.H/c3*1-4-10-16(11-5-1)19(17-12-6-2-7-13-17)18-14-8-3-9-15-18;1-2;;/h3*1-15H;;;/q;;;;-3;/p+3. The summed E-state index contributed by atoms with van der Waals surface area (Å²) in [6.07, 6.45) is 0. The third-order valence-corrected chi connectivity index (χ3v) is 85.4. The van der Waals surface area contributed by atoms with Crippen LogP contribution in [0, 0.1) is 0 Å². The van der Waals surface area contributed by atoms with Gasteiger partial charge in [0.1, 0.15) is 0 Å². The van der Waals surface area contributed by atoms with Gasteiger partial charge in [0.2, 0.25) is 0 Å². The van der Waals surface area contributed by atoms with Gasteiger partial charge in [-0.3, -0.25) is 0 Å². The molecule has 9 aromatic rings. The van der Waals surface area contributed by atoms with Gasteiger partial charge in [-0.15, -0.1) is 0 Å². The van der Waals surface area contributed by atoms with E-state index in [0.29, 0.717) is 0 Å². The monoisotopic (exact) mass is 921 g/mol. The van der Waals surface area contributed by atoms with Crippen LogP contribution in [0.15, 0.2) is 273 Å². The fourth-order valence-electron chi connectivity index (χ4n) is 9.61. The molecule has 0 aliphatic heterocycles. The Morgan fingerprint density at radius 1 is 0.217 bits per heavy atom. The van der Waals surface area contributed by atoms with Crippen LogP contribution in [0.5, 0.6) is 0 Å². The summed E-state index contributed by atoms with van der Waals surface area (Å²) in [5.74, 6) is 0. The first-order valence-electron chi connectivity index (χ1n) is 20.4. The molecule has 60 heavy (non-hydrogen) atoms. The predicted molar refractivity (Wildman–Crippen MR) is 267 cm³/mol. The minimum absolute atomic E-state index is 1.25. The second-order valence-corrected chi connectivity index (χ2v) is 54.2. The van der Waals surface area contributed by atoms with Crippen molar-refractivity contribution in [2.24, 2.45) is 0 Å². The average Bonchev–Trinajstić information content (AvgIpc) is 3.35. The van der Waals surface area contributed by atoms with Gasteiger partial charge in [-0.2, -0.15) is 0 Å². The summed E-state index contributed by atoms with van der Waals surface area (Å²) in [4.78, 5) is 17.0. The Morgan fingerprint density at radius 3 is 0.433 bits per heavy atom. The molecule has 1 nitrogen and oxygen atoms in total. The van der Waals surface area contributed by atoms with Gasteiger partial charge in [-0.25, -0.2) is 0 Å². The molecule has 9 rings (SSSR count). The Labute approximate surface area is 357 Å². The Morgan fingerprint density at radius 2 is 0.333 bits per heavy atom. The first-order chi connectivity index (χ1) is 29.8. The molecular weight excluding hydrogens is 872 g/mol. The van der Waals surface area contributed by atoms with Crippen LogP contribution in [0.3, 0.4) is 0 Å². The van der Waals surface area contributed by atoms with E-state index in [1.54, 1.807) is 0 Å². The minimum atomic E-state index is -4.81. The zero-order valence-corrected chi connectivity index (χ0v) is 38.0. The zero-order chi connectivity index (χ0) is 40.7. The topological polar surface area (TPSA) is 17.1 Å². The van der Waals surface area contributed by atoms with Crippen molar-refractivity contribution < 1.29 is 17.7 Å². The van der Waals surface area contributed by atoms with E-state index in [4.69, 9.17) is 0 Å². The molecule has 0 saturated carbocycles. The van der Waals surface area contributed by atoms with Gasteiger partial charge in [-0.1, -0.05) is 0 Å². The third-order valence-electron chi connectivity index (χ3n) is 11.8. The first kappa shape index (κ1) is 39.9. The molecule has 0 radical (unpaired) electrons. The molecule has 5 heteroatoms. The summed E-state index contributed by atoms with van der Waals surface area (Å²) >= 11 is -4.81. The first-order valence-corrected chi connectivity index (χ1v) is 34.6. The SMILES string of the molecule is O=[C]=[RhH]([PH](c1ccccc1)(c1ccccc1)c1ccccc1)([PH](c1ccccc1)(c1ccccc1)c1ccccc1)[PH](c1ccccc1)(c1ccccc1)c1ccccc1. The van der Waals surface area contributed by atoms with Crippen molar-refractivity contribution in [3.8, 4) is 0 Å². The third kappa shape index (κ3) is 6.14. The zero-order valence-electron chi connectivity index (χ0n) is 33.2. The van der Waals surface area contributed by atoms with Crippen LogP contribution >= 0.6 is 16.8 Å². The van der Waals surface area contributed by atoms with Crippen molar-refractivity contribution in [3.05, 3.63) is 273 Å². The molecule has 0 unspecified atom stereocenters. The molecular formula is C55H49OP3Rh. The van der Waals surface area contributed by atoms with E-state index in [1.165, 1.54) is 47.7 Å². The van der Waals surface area contributed by atoms with Gasteiger partial charge in [0.05, 0.1) is 0 Å². The molecule has 0 aliphatic carbocycles. The molecule has 0 aromatic heterocycles. The average molecular weight is 922 g/mol. The summed E-state index contributed by atoms with van der Waals surface area (Å²) in [5.41, 5.74) is -11.1. The van der Waals surface area contributed by atoms with Crippen molar-refractivity contribution in [1.29, 1.82) is 0 Å². The maximum atomic E-state index is 17.0. The summed E-state index contributed by atoms with van der Waals surface area (Å²) < 4.78 is 3.63. The Bertz CT molecular complexity index is 2240. The van der Waals surface area contributed by atoms with Crippen molar-refractivity contribution in [3.63, 3.8) is 0 Å². The molecule has 0 amide bonds. The van der Waals surface area contributed by atoms with Crippen LogP contribution in [0.4, 0.5) is 0 Å². The number of hydrogen-bond donors (Lipinski definition) is 0. The van der Waals surface area contributed by atoms with E-state index >= 15 is 4.79 Å². The van der Waals surface area contributed by atoms with E-state index < -0.39 is 29.7 Å². The second kappa shape index (κ2) is 17.6. The molecule has 0 heterocycles. The van der Waals surface area contributed by atoms with Crippen molar-refractivity contribution in [2.45, 2.75) is 0 Å². The quantitative estimate of drug-likeness (QED) is 0.0885. The van der Waals surface area contributed by atoms with Gasteiger partial charge in [0.25, 0.3) is 0 Å². The molecule has 0 spiro atoms. The molecule has 299 valence electrons. The van der Waals surface area contributed by atoms with E-state index in [0.717, 1.165) is 0 Å². The fraction of sp³-hybridized carbons (Fsp3) is 0. The van der Waals surface area contributed by atoms with Gasteiger partial charge in [-0.05, 0) is 0 Å². The molecule has 0 bridgehead atoms. The molecule has 0 atom stereocenters. The summed E-state index contributed by atoms with van der Waals surface area (Å²) in [5, 5.41) is 11.2. The van der Waals surface area contributed by atoms with E-state index in [9.17, 15) is 0 Å².